The first kappa shape index (κ1) is 17.0. The molecule has 114 valence electrons. The van der Waals surface area contributed by atoms with Gasteiger partial charge in [-0.2, -0.15) is 0 Å². The summed E-state index contributed by atoms with van der Waals surface area (Å²) in [6.45, 7) is 17.2. The van der Waals surface area contributed by atoms with E-state index in [0.717, 1.165) is 31.9 Å². The molecule has 20 heavy (non-hydrogen) atoms. The third-order valence-corrected chi connectivity index (χ3v) is 3.92. The average Bonchev–Trinajstić information content (AvgIpc) is 2.42. The number of pyridine rings is 1. The van der Waals surface area contributed by atoms with Crippen LogP contribution < -0.4 is 10.2 Å². The summed E-state index contributed by atoms with van der Waals surface area (Å²) in [5, 5.41) is 3.44. The molecule has 0 saturated carbocycles. The zero-order valence-electron chi connectivity index (χ0n) is 14.1. The maximum absolute atomic E-state index is 4.83. The minimum atomic E-state index is 0.699. The zero-order valence-corrected chi connectivity index (χ0v) is 14.1. The first-order valence-electron chi connectivity index (χ1n) is 7.96. The summed E-state index contributed by atoms with van der Waals surface area (Å²) < 4.78 is 0. The summed E-state index contributed by atoms with van der Waals surface area (Å²) in [4.78, 5) is 7.26. The van der Waals surface area contributed by atoms with Gasteiger partial charge >= 0.3 is 0 Å². The average molecular weight is 277 g/mol. The normalized spacial score (nSPS) is 12.5. The lowest BCUT2D eigenvalue weighted by atomic mass is 10.1. The van der Waals surface area contributed by atoms with Crippen LogP contribution in [0.1, 0.15) is 50.9 Å². The third-order valence-electron chi connectivity index (χ3n) is 3.92. The van der Waals surface area contributed by atoms with Crippen LogP contribution in [0.2, 0.25) is 0 Å². The van der Waals surface area contributed by atoms with Crippen LogP contribution in [-0.4, -0.2) is 24.6 Å². The van der Waals surface area contributed by atoms with E-state index in [9.17, 15) is 0 Å². The molecule has 1 unspecified atom stereocenters. The number of nitrogens with zero attached hydrogens (tertiary/aromatic N) is 2. The number of nitrogens with one attached hydrogen (secondary N) is 1. The van der Waals surface area contributed by atoms with Gasteiger partial charge in [-0.3, -0.25) is 0 Å². The molecule has 0 saturated heterocycles. The number of hydrogen-bond acceptors (Lipinski definition) is 3. The Morgan fingerprint density at radius 1 is 1.25 bits per heavy atom. The highest BCUT2D eigenvalue weighted by Gasteiger charge is 2.16. The molecular weight excluding hydrogens is 246 g/mol. The second-order valence-electron chi connectivity index (χ2n) is 5.72. The van der Waals surface area contributed by atoms with Gasteiger partial charge in [-0.25, -0.2) is 4.98 Å². The molecule has 0 aliphatic rings. The third kappa shape index (κ3) is 4.48. The minimum Gasteiger partial charge on any atom is -0.356 e. The summed E-state index contributed by atoms with van der Waals surface area (Å²) in [7, 11) is 0. The van der Waals surface area contributed by atoms with Crippen LogP contribution in [0.5, 0.6) is 0 Å². The van der Waals surface area contributed by atoms with Gasteiger partial charge < -0.3 is 10.2 Å². The fraction of sp³-hybridized carbons (Fsp3) is 0.706. The van der Waals surface area contributed by atoms with Crippen molar-refractivity contribution in [3.05, 3.63) is 22.9 Å². The molecule has 1 N–H and O–H groups in total. The number of rotatable bonds is 8. The number of aromatic nitrogens is 1. The van der Waals surface area contributed by atoms with Crippen molar-refractivity contribution in [2.24, 2.45) is 5.92 Å². The molecule has 1 rings (SSSR count). The van der Waals surface area contributed by atoms with Gasteiger partial charge in [0.05, 0.1) is 0 Å². The van der Waals surface area contributed by atoms with E-state index in [1.165, 1.54) is 23.4 Å². The molecule has 0 bridgehead atoms. The summed E-state index contributed by atoms with van der Waals surface area (Å²) in [5.74, 6) is 1.87. The fourth-order valence-corrected chi connectivity index (χ4v) is 2.44. The van der Waals surface area contributed by atoms with Crippen LogP contribution in [-0.2, 0) is 6.54 Å². The molecule has 0 amide bonds. The summed E-state index contributed by atoms with van der Waals surface area (Å²) in [5.41, 5.74) is 3.80. The monoisotopic (exact) mass is 277 g/mol. The van der Waals surface area contributed by atoms with Gasteiger partial charge in [-0.1, -0.05) is 27.2 Å². The Morgan fingerprint density at radius 3 is 2.50 bits per heavy atom. The smallest absolute Gasteiger partial charge is 0.133 e. The predicted molar refractivity (Wildman–Crippen MR) is 88.4 cm³/mol. The molecule has 1 aromatic heterocycles. The highest BCUT2D eigenvalue weighted by Crippen LogP contribution is 2.24. The van der Waals surface area contributed by atoms with Crippen LogP contribution in [0.25, 0.3) is 0 Å². The van der Waals surface area contributed by atoms with Gasteiger partial charge in [0.15, 0.2) is 0 Å². The summed E-state index contributed by atoms with van der Waals surface area (Å²) >= 11 is 0. The van der Waals surface area contributed by atoms with E-state index in [2.05, 4.69) is 57.8 Å². The quantitative estimate of drug-likeness (QED) is 0.785. The van der Waals surface area contributed by atoms with E-state index in [1.54, 1.807) is 0 Å². The van der Waals surface area contributed by atoms with Gasteiger partial charge in [0.2, 0.25) is 0 Å². The van der Waals surface area contributed by atoms with Crippen LogP contribution in [0.3, 0.4) is 0 Å². The van der Waals surface area contributed by atoms with Crippen molar-refractivity contribution in [2.45, 2.75) is 54.5 Å². The molecule has 0 fully saturated rings. The lowest BCUT2D eigenvalue weighted by molar-refractivity contribution is 0.543. The molecule has 0 radical (unpaired) electrons. The molecule has 0 aliphatic heterocycles. The Kier molecular flexibility index (Phi) is 7.00. The van der Waals surface area contributed by atoms with Crippen molar-refractivity contribution >= 4 is 5.82 Å². The van der Waals surface area contributed by atoms with Crippen molar-refractivity contribution in [2.75, 3.05) is 24.5 Å². The Labute approximate surface area is 124 Å². The van der Waals surface area contributed by atoms with Crippen LogP contribution in [0.4, 0.5) is 5.82 Å². The van der Waals surface area contributed by atoms with Crippen LogP contribution in [0.15, 0.2) is 6.07 Å². The Balaban J connectivity index is 3.10. The number of aryl methyl sites for hydroxylation is 2. The maximum atomic E-state index is 4.83. The summed E-state index contributed by atoms with van der Waals surface area (Å²) in [6, 6.07) is 2.19. The van der Waals surface area contributed by atoms with E-state index in [1.807, 2.05) is 0 Å². The zero-order chi connectivity index (χ0) is 15.1. The maximum Gasteiger partial charge on any atom is 0.133 e. The van der Waals surface area contributed by atoms with Crippen LogP contribution >= 0.6 is 0 Å². The van der Waals surface area contributed by atoms with E-state index < -0.39 is 0 Å². The first-order chi connectivity index (χ1) is 9.53. The topological polar surface area (TPSA) is 28.2 Å². The molecule has 0 aromatic carbocycles. The Hall–Kier alpha value is -1.09. The lowest BCUT2D eigenvalue weighted by Crippen LogP contribution is -2.31. The van der Waals surface area contributed by atoms with Gasteiger partial charge in [0, 0.05) is 30.9 Å². The summed E-state index contributed by atoms with van der Waals surface area (Å²) in [6.07, 6.45) is 1.21. The minimum absolute atomic E-state index is 0.699. The van der Waals surface area contributed by atoms with Crippen LogP contribution in [0, 0.1) is 19.8 Å². The van der Waals surface area contributed by atoms with E-state index >= 15 is 0 Å². The SMILES string of the molecule is CCNCc1c(C)cc(C)nc1N(CC)CC(C)CC. The van der Waals surface area contributed by atoms with E-state index in [-0.39, 0.29) is 0 Å². The van der Waals surface area contributed by atoms with Crippen molar-refractivity contribution in [1.82, 2.24) is 10.3 Å². The van der Waals surface area contributed by atoms with E-state index in [0.29, 0.717) is 5.92 Å². The Bertz CT molecular complexity index is 415. The molecule has 3 nitrogen and oxygen atoms in total. The highest BCUT2D eigenvalue weighted by molar-refractivity contribution is 5.51. The second kappa shape index (κ2) is 8.25. The molecule has 3 heteroatoms. The fourth-order valence-electron chi connectivity index (χ4n) is 2.44. The standard InChI is InChI=1S/C17H31N3/c1-7-13(4)12-20(9-3)17-16(11-18-8-2)14(5)10-15(6)19-17/h10,13,18H,7-9,11-12H2,1-6H3. The predicted octanol–water partition coefficient (Wildman–Crippen LogP) is 3.68. The molecule has 0 aliphatic carbocycles. The van der Waals surface area contributed by atoms with Crippen molar-refractivity contribution < 1.29 is 0 Å². The molecule has 1 atom stereocenters. The first-order valence-corrected chi connectivity index (χ1v) is 7.96. The van der Waals surface area contributed by atoms with Gasteiger partial charge in [0.25, 0.3) is 0 Å². The van der Waals surface area contributed by atoms with Gasteiger partial charge in [0.1, 0.15) is 5.82 Å². The number of anilines is 1. The van der Waals surface area contributed by atoms with Crippen molar-refractivity contribution in [1.29, 1.82) is 0 Å². The van der Waals surface area contributed by atoms with E-state index in [4.69, 9.17) is 4.98 Å². The molecule has 1 heterocycles. The Morgan fingerprint density at radius 2 is 1.95 bits per heavy atom. The molecule has 1 aromatic rings. The molecular formula is C17H31N3. The van der Waals surface area contributed by atoms with Gasteiger partial charge in [-0.15, -0.1) is 0 Å². The van der Waals surface area contributed by atoms with Crippen molar-refractivity contribution in [3.8, 4) is 0 Å². The second-order valence-corrected chi connectivity index (χ2v) is 5.72. The lowest BCUT2D eigenvalue weighted by Gasteiger charge is -2.28. The molecule has 0 spiro atoms. The highest BCUT2D eigenvalue weighted by atomic mass is 15.2. The largest absolute Gasteiger partial charge is 0.356 e. The van der Waals surface area contributed by atoms with Crippen molar-refractivity contribution in [3.63, 3.8) is 0 Å². The van der Waals surface area contributed by atoms with Gasteiger partial charge in [-0.05, 0) is 44.9 Å². The number of hydrogen-bond donors (Lipinski definition) is 1.